The molecule has 2 N–H and O–H groups in total. The molecule has 2 aliphatic rings. The molecule has 0 atom stereocenters. The molecule has 3 amide bonds. The number of amides is 3. The lowest BCUT2D eigenvalue weighted by molar-refractivity contribution is -0.121. The number of nitrogens with zero attached hydrogens (tertiary/aromatic N) is 1. The quantitative estimate of drug-likeness (QED) is 0.832. The van der Waals surface area contributed by atoms with Crippen LogP contribution in [0.25, 0.3) is 0 Å². The van der Waals surface area contributed by atoms with Gasteiger partial charge in [-0.2, -0.15) is 0 Å². The maximum Gasteiger partial charge on any atom is 0.321 e. The number of carbonyl (C=O) groups is 2. The van der Waals surface area contributed by atoms with Crippen LogP contribution in [0.4, 0.5) is 4.79 Å². The Hall–Kier alpha value is -1.10. The third-order valence-electron chi connectivity index (χ3n) is 4.26. The molecule has 1 saturated carbocycles. The molecule has 2 fully saturated rings. The standard InChI is InChI=1S/C15H27N3O2/c19-14(12-18-10-6-1-2-7-11-18)17-15(20)16-13-8-4-3-5-9-13/h13H,1-12H2,(H2,16,17,19,20). The van der Waals surface area contributed by atoms with Crippen molar-refractivity contribution in [1.29, 1.82) is 0 Å². The Labute approximate surface area is 121 Å². The van der Waals surface area contributed by atoms with E-state index in [1.165, 1.54) is 32.1 Å². The number of hydrogen-bond donors (Lipinski definition) is 2. The molecule has 114 valence electrons. The van der Waals surface area contributed by atoms with Crippen molar-refractivity contribution < 1.29 is 9.59 Å². The number of likely N-dealkylation sites (tertiary alicyclic amines) is 1. The first-order valence-electron chi connectivity index (χ1n) is 8.07. The SMILES string of the molecule is O=C(CN1CCCCCC1)NC(=O)NC1CCCCC1. The van der Waals surface area contributed by atoms with Crippen molar-refractivity contribution >= 4 is 11.9 Å². The van der Waals surface area contributed by atoms with Crippen LogP contribution in [0.5, 0.6) is 0 Å². The van der Waals surface area contributed by atoms with Crippen LogP contribution in [0.3, 0.4) is 0 Å². The topological polar surface area (TPSA) is 61.4 Å². The fourth-order valence-corrected chi connectivity index (χ4v) is 3.13. The van der Waals surface area contributed by atoms with Gasteiger partial charge in [0.25, 0.3) is 0 Å². The fraction of sp³-hybridized carbons (Fsp3) is 0.867. The Balaban J connectivity index is 1.66. The summed E-state index contributed by atoms with van der Waals surface area (Å²) >= 11 is 0. The zero-order valence-corrected chi connectivity index (χ0v) is 12.3. The first kappa shape index (κ1) is 15.3. The molecular formula is C15H27N3O2. The number of carbonyl (C=O) groups excluding carboxylic acids is 2. The summed E-state index contributed by atoms with van der Waals surface area (Å²) in [5, 5.41) is 5.37. The lowest BCUT2D eigenvalue weighted by atomic mass is 9.96. The Bertz CT molecular complexity index is 319. The molecule has 1 aliphatic carbocycles. The van der Waals surface area contributed by atoms with Gasteiger partial charge in [0, 0.05) is 6.04 Å². The van der Waals surface area contributed by atoms with Crippen LogP contribution in [0.2, 0.25) is 0 Å². The Morgan fingerprint density at radius 2 is 1.50 bits per heavy atom. The highest BCUT2D eigenvalue weighted by Gasteiger charge is 2.18. The predicted molar refractivity (Wildman–Crippen MR) is 78.5 cm³/mol. The molecule has 0 aromatic rings. The molecule has 1 saturated heterocycles. The first-order chi connectivity index (χ1) is 9.74. The minimum atomic E-state index is -0.322. The highest BCUT2D eigenvalue weighted by atomic mass is 16.2. The fourth-order valence-electron chi connectivity index (χ4n) is 3.13. The molecule has 5 nitrogen and oxygen atoms in total. The van der Waals surface area contributed by atoms with Crippen molar-refractivity contribution in [3.63, 3.8) is 0 Å². The molecule has 0 aromatic heterocycles. The van der Waals surface area contributed by atoms with Crippen molar-refractivity contribution in [2.24, 2.45) is 0 Å². The van der Waals surface area contributed by atoms with Crippen LogP contribution < -0.4 is 10.6 Å². The molecule has 0 unspecified atom stereocenters. The van der Waals surface area contributed by atoms with Gasteiger partial charge in [-0.3, -0.25) is 15.0 Å². The molecule has 0 spiro atoms. The summed E-state index contributed by atoms with van der Waals surface area (Å²) < 4.78 is 0. The second kappa shape index (κ2) is 8.25. The van der Waals surface area contributed by atoms with Gasteiger partial charge in [0.05, 0.1) is 6.54 Å². The average Bonchev–Trinajstić information content (AvgIpc) is 2.68. The summed E-state index contributed by atoms with van der Waals surface area (Å²) in [6.07, 6.45) is 10.5. The van der Waals surface area contributed by atoms with E-state index in [1.54, 1.807) is 0 Å². The van der Waals surface area contributed by atoms with Crippen molar-refractivity contribution in [3.8, 4) is 0 Å². The van der Waals surface area contributed by atoms with Gasteiger partial charge in [-0.15, -0.1) is 0 Å². The third kappa shape index (κ3) is 5.49. The van der Waals surface area contributed by atoms with Crippen molar-refractivity contribution in [2.45, 2.75) is 63.8 Å². The molecule has 20 heavy (non-hydrogen) atoms. The van der Waals surface area contributed by atoms with Gasteiger partial charge in [0.1, 0.15) is 0 Å². The largest absolute Gasteiger partial charge is 0.335 e. The van der Waals surface area contributed by atoms with Crippen LogP contribution in [-0.4, -0.2) is 42.5 Å². The van der Waals surface area contributed by atoms with Gasteiger partial charge in [-0.05, 0) is 38.8 Å². The minimum Gasteiger partial charge on any atom is -0.335 e. The van der Waals surface area contributed by atoms with Gasteiger partial charge in [-0.25, -0.2) is 4.79 Å². The van der Waals surface area contributed by atoms with E-state index in [9.17, 15) is 9.59 Å². The third-order valence-corrected chi connectivity index (χ3v) is 4.26. The van der Waals surface area contributed by atoms with E-state index >= 15 is 0 Å². The molecule has 1 heterocycles. The normalized spacial score (nSPS) is 22.0. The highest BCUT2D eigenvalue weighted by molar-refractivity contribution is 5.95. The van der Waals surface area contributed by atoms with E-state index < -0.39 is 0 Å². The molecule has 2 rings (SSSR count). The summed E-state index contributed by atoms with van der Waals surface area (Å²) in [7, 11) is 0. The number of imide groups is 1. The van der Waals surface area contributed by atoms with Gasteiger partial charge in [0.2, 0.25) is 5.91 Å². The monoisotopic (exact) mass is 281 g/mol. The van der Waals surface area contributed by atoms with E-state index in [1.807, 2.05) is 0 Å². The highest BCUT2D eigenvalue weighted by Crippen LogP contribution is 2.17. The summed E-state index contributed by atoms with van der Waals surface area (Å²) in [5.74, 6) is -0.180. The Morgan fingerprint density at radius 3 is 2.15 bits per heavy atom. The number of nitrogens with one attached hydrogen (secondary N) is 2. The first-order valence-corrected chi connectivity index (χ1v) is 8.07. The van der Waals surface area contributed by atoms with Crippen molar-refractivity contribution in [3.05, 3.63) is 0 Å². The second-order valence-electron chi connectivity index (χ2n) is 6.05. The maximum atomic E-state index is 11.9. The minimum absolute atomic E-state index is 0.180. The predicted octanol–water partition coefficient (Wildman–Crippen LogP) is 2.02. The van der Waals surface area contributed by atoms with E-state index in [0.717, 1.165) is 38.8 Å². The lowest BCUT2D eigenvalue weighted by Crippen LogP contribution is -2.48. The van der Waals surface area contributed by atoms with E-state index in [-0.39, 0.29) is 18.0 Å². The zero-order chi connectivity index (χ0) is 14.2. The van der Waals surface area contributed by atoms with Crippen LogP contribution in [0.1, 0.15) is 57.8 Å². The van der Waals surface area contributed by atoms with Gasteiger partial charge in [-0.1, -0.05) is 32.1 Å². The van der Waals surface area contributed by atoms with Crippen LogP contribution in [0, 0.1) is 0 Å². The van der Waals surface area contributed by atoms with Gasteiger partial charge in [0.15, 0.2) is 0 Å². The van der Waals surface area contributed by atoms with Crippen LogP contribution in [-0.2, 0) is 4.79 Å². The van der Waals surface area contributed by atoms with Gasteiger partial charge < -0.3 is 5.32 Å². The smallest absolute Gasteiger partial charge is 0.321 e. The van der Waals surface area contributed by atoms with E-state index in [0.29, 0.717) is 6.54 Å². The Kier molecular flexibility index (Phi) is 6.30. The summed E-state index contributed by atoms with van der Waals surface area (Å²) in [6.45, 7) is 2.29. The zero-order valence-electron chi connectivity index (χ0n) is 12.3. The molecule has 5 heteroatoms. The molecule has 1 aliphatic heterocycles. The number of hydrogen-bond acceptors (Lipinski definition) is 3. The van der Waals surface area contributed by atoms with Crippen molar-refractivity contribution in [2.75, 3.05) is 19.6 Å². The molecule has 0 aromatic carbocycles. The van der Waals surface area contributed by atoms with Crippen LogP contribution in [0.15, 0.2) is 0 Å². The second-order valence-corrected chi connectivity index (χ2v) is 6.05. The average molecular weight is 281 g/mol. The summed E-state index contributed by atoms with van der Waals surface area (Å²) in [4.78, 5) is 25.8. The maximum absolute atomic E-state index is 11.9. The Morgan fingerprint density at radius 1 is 0.900 bits per heavy atom. The van der Waals surface area contributed by atoms with Gasteiger partial charge >= 0.3 is 6.03 Å². The molecular weight excluding hydrogens is 254 g/mol. The number of rotatable bonds is 3. The van der Waals surface area contributed by atoms with Crippen molar-refractivity contribution in [1.82, 2.24) is 15.5 Å². The van der Waals surface area contributed by atoms with E-state index in [4.69, 9.17) is 0 Å². The van der Waals surface area contributed by atoms with Crippen LogP contribution >= 0.6 is 0 Å². The molecule has 0 radical (unpaired) electrons. The number of urea groups is 1. The summed E-state index contributed by atoms with van der Waals surface area (Å²) in [5.41, 5.74) is 0. The lowest BCUT2D eigenvalue weighted by Gasteiger charge is -2.23. The molecule has 0 bridgehead atoms. The van der Waals surface area contributed by atoms with E-state index in [2.05, 4.69) is 15.5 Å². The summed E-state index contributed by atoms with van der Waals surface area (Å²) in [6, 6.07) is -0.0774.